The molecule has 0 aliphatic heterocycles. The van der Waals surface area contributed by atoms with Gasteiger partial charge in [0, 0.05) is 12.2 Å². The molecule has 2 heterocycles. The van der Waals surface area contributed by atoms with Crippen LogP contribution in [0.2, 0.25) is 0 Å². The lowest BCUT2D eigenvalue weighted by molar-refractivity contribution is 0.261. The molecule has 5 heteroatoms. The van der Waals surface area contributed by atoms with Gasteiger partial charge in [-0.15, -0.1) is 0 Å². The zero-order valence-corrected chi connectivity index (χ0v) is 12.0. The second-order valence-electron chi connectivity index (χ2n) is 5.82. The largest absolute Gasteiger partial charge is 0.379 e. The third-order valence-corrected chi connectivity index (χ3v) is 4.38. The number of rotatable bonds is 3. The number of nitrogens with one attached hydrogen (secondary N) is 1. The standard InChI is InChI=1S/C15H21N5/c1-11-5-6-13(8-12(11)2)19-14-4-3-7-17-15(14)20-10-16-9-18-20/h3-4,7,9-13,19H,5-6,8H2,1-2H3. The van der Waals surface area contributed by atoms with Crippen LogP contribution in [0, 0.1) is 11.8 Å². The lowest BCUT2D eigenvalue weighted by Gasteiger charge is -2.33. The van der Waals surface area contributed by atoms with Gasteiger partial charge in [0.1, 0.15) is 12.7 Å². The number of anilines is 1. The van der Waals surface area contributed by atoms with E-state index in [0.717, 1.165) is 23.3 Å². The first-order valence-electron chi connectivity index (χ1n) is 7.30. The van der Waals surface area contributed by atoms with Crippen LogP contribution in [0.4, 0.5) is 5.69 Å². The molecule has 1 aliphatic rings. The highest BCUT2D eigenvalue weighted by Gasteiger charge is 2.25. The van der Waals surface area contributed by atoms with Gasteiger partial charge in [-0.1, -0.05) is 13.8 Å². The molecule has 0 radical (unpaired) electrons. The predicted octanol–water partition coefficient (Wildman–Crippen LogP) is 2.90. The van der Waals surface area contributed by atoms with Gasteiger partial charge in [-0.3, -0.25) is 0 Å². The zero-order valence-electron chi connectivity index (χ0n) is 12.0. The SMILES string of the molecule is CC1CCC(Nc2cccnc2-n2cncn2)CC1C. The van der Waals surface area contributed by atoms with Crippen LogP contribution in [-0.4, -0.2) is 25.8 Å². The summed E-state index contributed by atoms with van der Waals surface area (Å²) in [5.41, 5.74) is 1.03. The second kappa shape index (κ2) is 5.61. The van der Waals surface area contributed by atoms with Crippen molar-refractivity contribution in [2.45, 2.75) is 39.2 Å². The average Bonchev–Trinajstić information content (AvgIpc) is 2.97. The van der Waals surface area contributed by atoms with Crippen molar-refractivity contribution in [1.29, 1.82) is 0 Å². The minimum absolute atomic E-state index is 0.521. The molecule has 106 valence electrons. The Labute approximate surface area is 119 Å². The van der Waals surface area contributed by atoms with E-state index in [4.69, 9.17) is 0 Å². The molecule has 1 saturated carbocycles. The van der Waals surface area contributed by atoms with Gasteiger partial charge in [-0.05, 0) is 43.2 Å². The summed E-state index contributed by atoms with van der Waals surface area (Å²) in [7, 11) is 0. The Morgan fingerprint density at radius 2 is 2.15 bits per heavy atom. The Bertz CT molecular complexity index is 551. The smallest absolute Gasteiger partial charge is 0.178 e. The van der Waals surface area contributed by atoms with Crippen molar-refractivity contribution >= 4 is 5.69 Å². The average molecular weight is 271 g/mol. The minimum Gasteiger partial charge on any atom is -0.379 e. The number of hydrogen-bond acceptors (Lipinski definition) is 4. The third kappa shape index (κ3) is 2.66. The van der Waals surface area contributed by atoms with E-state index in [-0.39, 0.29) is 0 Å². The molecular formula is C15H21N5. The summed E-state index contributed by atoms with van der Waals surface area (Å²) in [5, 5.41) is 7.81. The van der Waals surface area contributed by atoms with Crippen LogP contribution in [-0.2, 0) is 0 Å². The molecule has 0 saturated heterocycles. The third-order valence-electron chi connectivity index (χ3n) is 4.38. The number of aromatic nitrogens is 4. The molecule has 1 N–H and O–H groups in total. The fourth-order valence-corrected chi connectivity index (χ4v) is 2.91. The zero-order chi connectivity index (χ0) is 13.9. The first-order chi connectivity index (χ1) is 9.74. The molecule has 0 aromatic carbocycles. The fraction of sp³-hybridized carbons (Fsp3) is 0.533. The highest BCUT2D eigenvalue weighted by Crippen LogP contribution is 2.31. The summed E-state index contributed by atoms with van der Waals surface area (Å²) >= 11 is 0. The molecule has 2 aromatic rings. The molecule has 0 amide bonds. The summed E-state index contributed by atoms with van der Waals surface area (Å²) in [6.07, 6.45) is 8.72. The highest BCUT2D eigenvalue weighted by molar-refractivity contribution is 5.56. The van der Waals surface area contributed by atoms with Gasteiger partial charge in [0.25, 0.3) is 0 Å². The minimum atomic E-state index is 0.521. The van der Waals surface area contributed by atoms with Crippen molar-refractivity contribution in [2.24, 2.45) is 11.8 Å². The summed E-state index contributed by atoms with van der Waals surface area (Å²) < 4.78 is 1.71. The quantitative estimate of drug-likeness (QED) is 0.932. The van der Waals surface area contributed by atoms with Gasteiger partial charge >= 0.3 is 0 Å². The molecular weight excluding hydrogens is 250 g/mol. The predicted molar refractivity (Wildman–Crippen MR) is 78.7 cm³/mol. The summed E-state index contributed by atoms with van der Waals surface area (Å²) in [6.45, 7) is 4.70. The van der Waals surface area contributed by atoms with Crippen LogP contribution in [0.15, 0.2) is 31.0 Å². The summed E-state index contributed by atoms with van der Waals surface area (Å²) in [5.74, 6) is 2.42. The monoisotopic (exact) mass is 271 g/mol. The normalized spacial score (nSPS) is 26.4. The molecule has 1 fully saturated rings. The Kier molecular flexibility index (Phi) is 3.67. The van der Waals surface area contributed by atoms with Crippen molar-refractivity contribution in [3.8, 4) is 5.82 Å². The van der Waals surface area contributed by atoms with Gasteiger partial charge in [-0.25, -0.2) is 14.6 Å². The molecule has 3 rings (SSSR count). The van der Waals surface area contributed by atoms with Gasteiger partial charge in [0.05, 0.1) is 5.69 Å². The fourth-order valence-electron chi connectivity index (χ4n) is 2.91. The molecule has 5 nitrogen and oxygen atoms in total. The van der Waals surface area contributed by atoms with Crippen molar-refractivity contribution < 1.29 is 0 Å². The van der Waals surface area contributed by atoms with Crippen LogP contribution in [0.3, 0.4) is 0 Å². The van der Waals surface area contributed by atoms with Gasteiger partial charge in [-0.2, -0.15) is 5.10 Å². The number of pyridine rings is 1. The first kappa shape index (κ1) is 13.1. The maximum Gasteiger partial charge on any atom is 0.178 e. The van der Waals surface area contributed by atoms with E-state index in [2.05, 4.69) is 40.3 Å². The van der Waals surface area contributed by atoms with Crippen LogP contribution in [0.25, 0.3) is 5.82 Å². The summed E-state index contributed by atoms with van der Waals surface area (Å²) in [6, 6.07) is 4.54. The highest BCUT2D eigenvalue weighted by atomic mass is 15.3. The lowest BCUT2D eigenvalue weighted by atomic mass is 9.79. The Balaban J connectivity index is 1.78. The van der Waals surface area contributed by atoms with Crippen molar-refractivity contribution in [3.63, 3.8) is 0 Å². The van der Waals surface area contributed by atoms with E-state index in [1.54, 1.807) is 17.2 Å². The molecule has 3 unspecified atom stereocenters. The maximum absolute atomic E-state index is 4.42. The number of hydrogen-bond donors (Lipinski definition) is 1. The van der Waals surface area contributed by atoms with E-state index < -0.39 is 0 Å². The number of nitrogens with zero attached hydrogens (tertiary/aromatic N) is 4. The van der Waals surface area contributed by atoms with Crippen LogP contribution >= 0.6 is 0 Å². The second-order valence-corrected chi connectivity index (χ2v) is 5.82. The van der Waals surface area contributed by atoms with Crippen LogP contribution in [0.5, 0.6) is 0 Å². The molecule has 0 bridgehead atoms. The van der Waals surface area contributed by atoms with Gasteiger partial charge < -0.3 is 5.32 Å². The Morgan fingerprint density at radius 3 is 2.90 bits per heavy atom. The van der Waals surface area contributed by atoms with Gasteiger partial charge in [0.2, 0.25) is 0 Å². The molecule has 2 aromatic heterocycles. The van der Waals surface area contributed by atoms with E-state index in [9.17, 15) is 0 Å². The molecule has 0 spiro atoms. The van der Waals surface area contributed by atoms with E-state index in [1.807, 2.05) is 6.07 Å². The van der Waals surface area contributed by atoms with Crippen LogP contribution in [0.1, 0.15) is 33.1 Å². The van der Waals surface area contributed by atoms with E-state index in [1.165, 1.54) is 25.6 Å². The van der Waals surface area contributed by atoms with Crippen molar-refractivity contribution in [2.75, 3.05) is 5.32 Å². The molecule has 3 atom stereocenters. The maximum atomic E-state index is 4.42. The molecule has 1 aliphatic carbocycles. The van der Waals surface area contributed by atoms with Gasteiger partial charge in [0.15, 0.2) is 5.82 Å². The van der Waals surface area contributed by atoms with Crippen molar-refractivity contribution in [1.82, 2.24) is 19.7 Å². The first-order valence-corrected chi connectivity index (χ1v) is 7.30. The topological polar surface area (TPSA) is 55.6 Å². The Hall–Kier alpha value is -1.91. The molecule has 20 heavy (non-hydrogen) atoms. The van der Waals surface area contributed by atoms with Crippen molar-refractivity contribution in [3.05, 3.63) is 31.0 Å². The van der Waals surface area contributed by atoms with Crippen LogP contribution < -0.4 is 5.32 Å². The van der Waals surface area contributed by atoms with E-state index >= 15 is 0 Å². The lowest BCUT2D eigenvalue weighted by Crippen LogP contribution is -2.30. The van der Waals surface area contributed by atoms with E-state index in [0.29, 0.717) is 6.04 Å². The Morgan fingerprint density at radius 1 is 1.25 bits per heavy atom. The summed E-state index contributed by atoms with van der Waals surface area (Å²) in [4.78, 5) is 8.41.